The summed E-state index contributed by atoms with van der Waals surface area (Å²) >= 11 is 8.62. The third-order valence-electron chi connectivity index (χ3n) is 20.8. The second-order valence-corrected chi connectivity index (χ2v) is 31.8. The fraction of sp³-hybridized carbons (Fsp3) is 0.463. The van der Waals surface area contributed by atoms with Gasteiger partial charge in [-0.2, -0.15) is 8.75 Å². The Bertz CT molecular complexity index is 4590. The minimum Gasteiger partial charge on any atom is -0.337 e. The van der Waals surface area contributed by atoms with Crippen LogP contribution < -0.4 is 0 Å². The molecule has 0 saturated heterocycles. The standard InChI is InChI=1S/C82H90N8O2S5/c1-9-15-19-21-23-25-27-29-31-43-57-63(45-59-65(61(47-83)85-7)53-39-33-35-41-55(53)75(59)91)93-81-73-79(95-77(57)81)67-69-70(88-97-87-69)68-72(71(67)89(73)49-51(13-5)37-17-11-3)90(50-52(14-6)38-18-12-4)74-80(68)96-78-58(44-32-30-28-26-24-22-20-16-10-2)64(94-82(74)78)46-60-66(62(48-84)86-8)54-40-34-36-42-56(54)76(60)92/h33-36,39-42,45-46,51-52H,9-32,37-38,43-44,49-50H2,1-6H3/b59-45-,60-46-,65-61-,66-62+. The summed E-state index contributed by atoms with van der Waals surface area (Å²) in [6, 6.07) is 19.3. The van der Waals surface area contributed by atoms with Gasteiger partial charge in [0.25, 0.3) is 11.4 Å². The molecule has 10 aromatic rings. The lowest BCUT2D eigenvalue weighted by Crippen LogP contribution is -2.13. The van der Waals surface area contributed by atoms with Crippen LogP contribution in [0.1, 0.15) is 261 Å². The van der Waals surface area contributed by atoms with Crippen LogP contribution in [0.15, 0.2) is 71.1 Å². The Hall–Kier alpha value is -7.34. The molecule has 15 heteroatoms. The van der Waals surface area contributed by atoms with Crippen molar-refractivity contribution >= 4 is 164 Å². The second kappa shape index (κ2) is 32.1. The van der Waals surface area contributed by atoms with Crippen LogP contribution in [0.4, 0.5) is 0 Å². The zero-order valence-corrected chi connectivity index (χ0v) is 61.7. The van der Waals surface area contributed by atoms with E-state index in [2.05, 4.69) is 72.5 Å². The number of ketones is 2. The van der Waals surface area contributed by atoms with Crippen molar-refractivity contribution in [2.45, 2.75) is 234 Å². The van der Waals surface area contributed by atoms with Gasteiger partial charge >= 0.3 is 0 Å². The van der Waals surface area contributed by atoms with Gasteiger partial charge in [0.05, 0.1) is 87.3 Å². The molecule has 2 atom stereocenters. The average molecular weight is 1380 g/mol. The summed E-state index contributed by atoms with van der Waals surface area (Å²) in [4.78, 5) is 39.1. The highest BCUT2D eigenvalue weighted by molar-refractivity contribution is 7.34. The minimum absolute atomic E-state index is 0.0634. The van der Waals surface area contributed by atoms with Crippen LogP contribution in [0.3, 0.4) is 0 Å². The zero-order chi connectivity index (χ0) is 67.7. The van der Waals surface area contributed by atoms with E-state index >= 15 is 0 Å². The quantitative estimate of drug-likeness (QED) is 0.0171. The van der Waals surface area contributed by atoms with Crippen LogP contribution in [-0.4, -0.2) is 29.4 Å². The Morgan fingerprint density at radius 2 is 0.835 bits per heavy atom. The SMILES string of the molecule is [C-]#[N+]/C(C#N)=C1\C(=C\c2sc3c(sc4c5c6nsnc6c6c7sc8c(CCCCCCCCCCC)c(/C=C9\C(=O)c%10ccccc%10\C9=C(\C#N)[N+]#[C-])sc8c7n(CC(CC)CCCC)c6c5n(CC(CC)CCCC)c34)c2CCCCCCCCCCC)C(=O)c2ccccc21. The number of allylic oxidation sites excluding steroid dienone is 6. The van der Waals surface area contributed by atoms with Gasteiger partial charge in [0, 0.05) is 67.0 Å². The molecule has 0 saturated carbocycles. The molecule has 500 valence electrons. The smallest absolute Gasteiger partial charge is 0.270 e. The monoisotopic (exact) mass is 1380 g/mol. The molecule has 10 nitrogen and oxygen atoms in total. The topological polar surface area (TPSA) is 126 Å². The highest BCUT2D eigenvalue weighted by Gasteiger charge is 2.37. The molecule has 2 aliphatic rings. The van der Waals surface area contributed by atoms with Crippen molar-refractivity contribution in [3.05, 3.63) is 137 Å². The number of unbranched alkanes of at least 4 members (excludes halogenated alkanes) is 18. The summed E-state index contributed by atoms with van der Waals surface area (Å²) in [6.45, 7) is 31.9. The number of nitriles is 2. The van der Waals surface area contributed by atoms with Crippen LogP contribution in [0.25, 0.3) is 105 Å². The van der Waals surface area contributed by atoms with Crippen LogP contribution >= 0.6 is 57.1 Å². The molecular formula is C82H90N8O2S5. The summed E-state index contributed by atoms with van der Waals surface area (Å²) in [5.74, 6) is 0.493. The van der Waals surface area contributed by atoms with Crippen molar-refractivity contribution in [1.29, 1.82) is 10.5 Å². The van der Waals surface area contributed by atoms with E-state index in [1.54, 1.807) is 22.7 Å². The Morgan fingerprint density at radius 1 is 0.474 bits per heavy atom. The number of hydrogen-bond donors (Lipinski definition) is 0. The van der Waals surface area contributed by atoms with Gasteiger partial charge in [0.1, 0.15) is 11.0 Å². The summed E-state index contributed by atoms with van der Waals surface area (Å²) in [5.41, 5.74) is 13.2. The number of Topliss-reactive ketones (excluding diaryl/α,β-unsaturated/α-hetero) is 2. The summed E-state index contributed by atoms with van der Waals surface area (Å²) in [5, 5.41) is 23.3. The van der Waals surface area contributed by atoms with Crippen molar-refractivity contribution in [2.24, 2.45) is 11.8 Å². The number of nitrogens with zero attached hydrogens (tertiary/aromatic N) is 8. The molecular weight excluding hydrogens is 1290 g/mol. The number of thiophene rings is 4. The first-order valence-corrected chi connectivity index (χ1v) is 40.4. The molecule has 7 heterocycles. The van der Waals surface area contributed by atoms with Gasteiger partial charge in [-0.25, -0.2) is 20.2 Å². The Labute approximate surface area is 593 Å². The maximum atomic E-state index is 14.8. The molecule has 2 unspecified atom stereocenters. The minimum atomic E-state index is -0.147. The Balaban J connectivity index is 1.13. The van der Waals surface area contributed by atoms with E-state index in [0.717, 1.165) is 124 Å². The number of carbonyl (C=O) groups is 2. The molecule has 97 heavy (non-hydrogen) atoms. The van der Waals surface area contributed by atoms with Crippen LogP contribution in [-0.2, 0) is 25.9 Å². The van der Waals surface area contributed by atoms with E-state index in [1.807, 2.05) is 83.4 Å². The van der Waals surface area contributed by atoms with E-state index in [9.17, 15) is 20.1 Å². The van der Waals surface area contributed by atoms with E-state index in [-0.39, 0.29) is 23.0 Å². The molecule has 0 radical (unpaired) electrons. The van der Waals surface area contributed by atoms with Crippen molar-refractivity contribution in [3.8, 4) is 12.1 Å². The molecule has 0 fully saturated rings. The van der Waals surface area contributed by atoms with Crippen LogP contribution in [0.5, 0.6) is 0 Å². The van der Waals surface area contributed by atoms with Crippen LogP contribution in [0.2, 0.25) is 0 Å². The number of fused-ring (bicyclic) bond motifs is 16. The maximum Gasteiger partial charge on any atom is 0.270 e. The van der Waals surface area contributed by atoms with Crippen LogP contribution in [0, 0.1) is 47.6 Å². The summed E-state index contributed by atoms with van der Waals surface area (Å²) in [6.07, 6.45) is 36.4. The van der Waals surface area contributed by atoms with E-state index < -0.39 is 0 Å². The van der Waals surface area contributed by atoms with Gasteiger partial charge < -0.3 is 9.13 Å². The highest BCUT2D eigenvalue weighted by Crippen LogP contribution is 2.56. The predicted molar refractivity (Wildman–Crippen MR) is 414 cm³/mol. The number of aryl methyl sites for hydroxylation is 2. The molecule has 2 aliphatic carbocycles. The van der Waals surface area contributed by atoms with Crippen molar-refractivity contribution in [2.75, 3.05) is 0 Å². The van der Waals surface area contributed by atoms with Gasteiger partial charge in [0.15, 0.2) is 11.6 Å². The highest BCUT2D eigenvalue weighted by atomic mass is 32.1. The normalized spacial score (nSPS) is 15.7. The zero-order valence-electron chi connectivity index (χ0n) is 57.6. The molecule has 3 aromatic carbocycles. The lowest BCUT2D eigenvalue weighted by Gasteiger charge is -2.20. The molecule has 0 spiro atoms. The Kier molecular flexibility index (Phi) is 23.0. The first kappa shape index (κ1) is 69.6. The molecule has 0 N–H and O–H groups in total. The van der Waals surface area contributed by atoms with Gasteiger partial charge in [-0.15, -0.1) is 45.3 Å². The number of hydrogen-bond acceptors (Lipinski definition) is 11. The van der Waals surface area contributed by atoms with Gasteiger partial charge in [-0.3, -0.25) is 9.59 Å². The van der Waals surface area contributed by atoms with E-state index in [0.29, 0.717) is 56.4 Å². The second-order valence-electron chi connectivity index (χ2n) is 27.1. The van der Waals surface area contributed by atoms with E-state index in [4.69, 9.17) is 21.9 Å². The first-order valence-electron chi connectivity index (χ1n) is 36.4. The molecule has 12 rings (SSSR count). The molecule has 0 bridgehead atoms. The largest absolute Gasteiger partial charge is 0.337 e. The predicted octanol–water partition coefficient (Wildman–Crippen LogP) is 25.9. The number of carbonyl (C=O) groups excluding carboxylic acids is 2. The number of benzene rings is 3. The summed E-state index contributed by atoms with van der Waals surface area (Å²) in [7, 11) is 0. The number of rotatable bonds is 34. The van der Waals surface area contributed by atoms with E-state index in [1.165, 1.54) is 174 Å². The summed E-state index contributed by atoms with van der Waals surface area (Å²) < 4.78 is 23.6. The lowest BCUT2D eigenvalue weighted by atomic mass is 9.98. The van der Waals surface area contributed by atoms with Gasteiger partial charge in [-0.1, -0.05) is 231 Å². The third-order valence-corrected chi connectivity index (χ3v) is 26.5. The fourth-order valence-corrected chi connectivity index (χ4v) is 22.0. The average Bonchev–Trinajstić information content (AvgIpc) is 1.51. The number of aromatic nitrogens is 4. The maximum absolute atomic E-state index is 14.8. The van der Waals surface area contributed by atoms with Crippen molar-refractivity contribution in [1.82, 2.24) is 17.9 Å². The third kappa shape index (κ3) is 13.4. The fourth-order valence-electron chi connectivity index (χ4n) is 15.5. The molecule has 7 aromatic heterocycles. The molecule has 0 amide bonds. The van der Waals surface area contributed by atoms with Gasteiger partial charge in [-0.05, 0) is 84.8 Å². The first-order chi connectivity index (χ1) is 47.6. The molecule has 0 aliphatic heterocycles. The Morgan fingerprint density at radius 3 is 1.19 bits per heavy atom. The van der Waals surface area contributed by atoms with Gasteiger partial charge in [0.2, 0.25) is 0 Å². The lowest BCUT2D eigenvalue weighted by molar-refractivity contribution is 0.103. The van der Waals surface area contributed by atoms with Crippen molar-refractivity contribution < 1.29 is 9.59 Å². The van der Waals surface area contributed by atoms with Crippen molar-refractivity contribution in [3.63, 3.8) is 0 Å².